The summed E-state index contributed by atoms with van der Waals surface area (Å²) in [7, 11) is 0. The quantitative estimate of drug-likeness (QED) is 0.922. The van der Waals surface area contributed by atoms with Crippen LogP contribution in [0.25, 0.3) is 0 Å². The van der Waals surface area contributed by atoms with Crippen molar-refractivity contribution >= 4 is 0 Å². The molecule has 0 aliphatic rings. The van der Waals surface area contributed by atoms with E-state index in [2.05, 4.69) is 5.32 Å². The molecular weight excluding hydrogens is 270 g/mol. The molecule has 0 aliphatic carbocycles. The van der Waals surface area contributed by atoms with Crippen molar-refractivity contribution in [1.29, 1.82) is 5.26 Å². The summed E-state index contributed by atoms with van der Waals surface area (Å²) in [4.78, 5) is 0. The Labute approximate surface area is 123 Å². The molecule has 0 spiro atoms. The van der Waals surface area contributed by atoms with Crippen LogP contribution in [0, 0.1) is 29.9 Å². The van der Waals surface area contributed by atoms with Gasteiger partial charge in [-0.1, -0.05) is 29.8 Å². The van der Waals surface area contributed by atoms with E-state index in [0.717, 1.165) is 23.3 Å². The lowest BCUT2D eigenvalue weighted by molar-refractivity contribution is 0.508. The Morgan fingerprint density at radius 1 is 1.19 bits per heavy atom. The summed E-state index contributed by atoms with van der Waals surface area (Å²) in [5, 5.41) is 11.8. The van der Waals surface area contributed by atoms with Crippen LogP contribution in [-0.4, -0.2) is 0 Å². The number of halogens is 2. The van der Waals surface area contributed by atoms with Crippen LogP contribution in [0.15, 0.2) is 36.4 Å². The Hall–Kier alpha value is -2.25. The summed E-state index contributed by atoms with van der Waals surface area (Å²) in [6.45, 7) is 4.00. The molecule has 4 heteroatoms. The first-order valence-electron chi connectivity index (χ1n) is 6.69. The van der Waals surface area contributed by atoms with E-state index in [-0.39, 0.29) is 23.7 Å². The molecule has 0 bridgehead atoms. The van der Waals surface area contributed by atoms with Crippen LogP contribution < -0.4 is 5.32 Å². The largest absolute Gasteiger partial charge is 0.306 e. The fourth-order valence-electron chi connectivity index (χ4n) is 2.15. The second-order valence-corrected chi connectivity index (χ2v) is 5.05. The van der Waals surface area contributed by atoms with E-state index in [0.29, 0.717) is 0 Å². The maximum Gasteiger partial charge on any atom is 0.131 e. The SMILES string of the molecule is Cc1cccc([C@@H](C)NCc2c(F)cc(C#N)cc2F)c1. The van der Waals surface area contributed by atoms with E-state index in [4.69, 9.17) is 5.26 Å². The smallest absolute Gasteiger partial charge is 0.131 e. The minimum Gasteiger partial charge on any atom is -0.306 e. The minimum absolute atomic E-state index is 0.0134. The van der Waals surface area contributed by atoms with Gasteiger partial charge in [-0.3, -0.25) is 0 Å². The van der Waals surface area contributed by atoms with Gasteiger partial charge in [0.15, 0.2) is 0 Å². The molecule has 108 valence electrons. The van der Waals surface area contributed by atoms with Gasteiger partial charge in [0.2, 0.25) is 0 Å². The number of nitriles is 1. The predicted molar refractivity (Wildman–Crippen MR) is 77.5 cm³/mol. The Balaban J connectivity index is 2.12. The van der Waals surface area contributed by atoms with E-state index in [1.807, 2.05) is 38.1 Å². The Kier molecular flexibility index (Phi) is 4.66. The molecule has 2 aromatic rings. The van der Waals surface area contributed by atoms with Crippen LogP contribution >= 0.6 is 0 Å². The molecule has 0 amide bonds. The summed E-state index contributed by atoms with van der Waals surface area (Å²) in [5.41, 5.74) is 2.13. The van der Waals surface area contributed by atoms with Crippen molar-refractivity contribution < 1.29 is 8.78 Å². The van der Waals surface area contributed by atoms with Crippen LogP contribution in [0.3, 0.4) is 0 Å². The zero-order valence-electron chi connectivity index (χ0n) is 12.0. The van der Waals surface area contributed by atoms with Gasteiger partial charge in [-0.25, -0.2) is 8.78 Å². The normalized spacial score (nSPS) is 12.0. The second-order valence-electron chi connectivity index (χ2n) is 5.05. The topological polar surface area (TPSA) is 35.8 Å². The number of aryl methyl sites for hydroxylation is 1. The third-order valence-electron chi connectivity index (χ3n) is 3.40. The zero-order valence-corrected chi connectivity index (χ0v) is 12.0. The highest BCUT2D eigenvalue weighted by Gasteiger charge is 2.13. The average Bonchev–Trinajstić information content (AvgIpc) is 2.45. The highest BCUT2D eigenvalue weighted by atomic mass is 19.1. The minimum atomic E-state index is -0.699. The summed E-state index contributed by atoms with van der Waals surface area (Å²) >= 11 is 0. The molecule has 1 N–H and O–H groups in total. The van der Waals surface area contributed by atoms with Gasteiger partial charge >= 0.3 is 0 Å². The van der Waals surface area contributed by atoms with Crippen LogP contribution in [-0.2, 0) is 6.54 Å². The van der Waals surface area contributed by atoms with Gasteiger partial charge in [-0.05, 0) is 31.5 Å². The van der Waals surface area contributed by atoms with E-state index in [9.17, 15) is 8.78 Å². The Morgan fingerprint density at radius 3 is 2.43 bits per heavy atom. The van der Waals surface area contributed by atoms with Gasteiger partial charge in [0.05, 0.1) is 11.6 Å². The predicted octanol–water partition coefficient (Wildman–Crippen LogP) is 4.00. The Morgan fingerprint density at radius 2 is 1.86 bits per heavy atom. The molecule has 0 saturated heterocycles. The highest BCUT2D eigenvalue weighted by Crippen LogP contribution is 2.18. The lowest BCUT2D eigenvalue weighted by Crippen LogP contribution is -2.19. The fraction of sp³-hybridized carbons (Fsp3) is 0.235. The summed E-state index contributed by atoms with van der Waals surface area (Å²) < 4.78 is 27.6. The van der Waals surface area contributed by atoms with E-state index in [1.165, 1.54) is 0 Å². The summed E-state index contributed by atoms with van der Waals surface area (Å²) in [5.74, 6) is -1.40. The van der Waals surface area contributed by atoms with Gasteiger partial charge in [0, 0.05) is 18.2 Å². The first-order valence-corrected chi connectivity index (χ1v) is 6.69. The monoisotopic (exact) mass is 286 g/mol. The maximum atomic E-state index is 13.8. The van der Waals surface area contributed by atoms with Crippen LogP contribution in [0.2, 0.25) is 0 Å². The maximum absolute atomic E-state index is 13.8. The number of nitrogens with zero attached hydrogens (tertiary/aromatic N) is 1. The standard InChI is InChI=1S/C17H16F2N2/c1-11-4-3-5-14(6-11)12(2)21-10-15-16(18)7-13(9-20)8-17(15)19/h3-8,12,21H,10H2,1-2H3/t12-/m1/s1. The van der Waals surface area contributed by atoms with Crippen molar-refractivity contribution in [1.82, 2.24) is 5.32 Å². The molecule has 2 nitrogen and oxygen atoms in total. The van der Waals surface area contributed by atoms with E-state index < -0.39 is 11.6 Å². The third kappa shape index (κ3) is 3.65. The number of hydrogen-bond donors (Lipinski definition) is 1. The van der Waals surface area contributed by atoms with Crippen molar-refractivity contribution in [2.75, 3.05) is 0 Å². The lowest BCUT2D eigenvalue weighted by atomic mass is 10.0. The first kappa shape index (κ1) is 15.1. The zero-order chi connectivity index (χ0) is 15.4. The molecule has 0 radical (unpaired) electrons. The molecule has 0 fully saturated rings. The van der Waals surface area contributed by atoms with Crippen LogP contribution in [0.4, 0.5) is 8.78 Å². The van der Waals surface area contributed by atoms with Gasteiger partial charge < -0.3 is 5.32 Å². The number of benzene rings is 2. The van der Waals surface area contributed by atoms with Gasteiger partial charge in [-0.15, -0.1) is 0 Å². The summed E-state index contributed by atoms with van der Waals surface area (Å²) in [6, 6.07) is 11.8. The molecule has 0 unspecified atom stereocenters. The molecule has 0 saturated carbocycles. The molecule has 21 heavy (non-hydrogen) atoms. The number of rotatable bonds is 4. The van der Waals surface area contributed by atoms with Gasteiger partial charge in [-0.2, -0.15) is 5.26 Å². The molecule has 0 heterocycles. The third-order valence-corrected chi connectivity index (χ3v) is 3.40. The van der Waals surface area contributed by atoms with Crippen molar-refractivity contribution in [3.8, 4) is 6.07 Å². The second kappa shape index (κ2) is 6.47. The molecular formula is C17H16F2N2. The molecule has 0 aliphatic heterocycles. The van der Waals surface area contributed by atoms with Gasteiger partial charge in [0.25, 0.3) is 0 Å². The summed E-state index contributed by atoms with van der Waals surface area (Å²) in [6.07, 6.45) is 0. The van der Waals surface area contributed by atoms with Crippen molar-refractivity contribution in [3.05, 3.63) is 70.3 Å². The van der Waals surface area contributed by atoms with Crippen molar-refractivity contribution in [2.45, 2.75) is 26.4 Å². The molecule has 2 aromatic carbocycles. The first-order chi connectivity index (χ1) is 10.0. The van der Waals surface area contributed by atoms with Crippen LogP contribution in [0.1, 0.15) is 35.2 Å². The molecule has 0 aromatic heterocycles. The van der Waals surface area contributed by atoms with Crippen molar-refractivity contribution in [2.24, 2.45) is 0 Å². The molecule has 1 atom stereocenters. The fourth-order valence-corrected chi connectivity index (χ4v) is 2.15. The van der Waals surface area contributed by atoms with Gasteiger partial charge in [0.1, 0.15) is 11.6 Å². The average molecular weight is 286 g/mol. The van der Waals surface area contributed by atoms with E-state index in [1.54, 1.807) is 6.07 Å². The highest BCUT2D eigenvalue weighted by molar-refractivity contribution is 5.34. The van der Waals surface area contributed by atoms with Crippen molar-refractivity contribution in [3.63, 3.8) is 0 Å². The lowest BCUT2D eigenvalue weighted by Gasteiger charge is -2.15. The number of hydrogen-bond acceptors (Lipinski definition) is 2. The Bertz CT molecular complexity index is 666. The number of nitrogens with one attached hydrogen (secondary N) is 1. The van der Waals surface area contributed by atoms with E-state index >= 15 is 0 Å². The molecule has 2 rings (SSSR count). The van der Waals surface area contributed by atoms with Crippen LogP contribution in [0.5, 0.6) is 0 Å².